The zero-order valence-electron chi connectivity index (χ0n) is 12.6. The van der Waals surface area contributed by atoms with Crippen molar-refractivity contribution < 1.29 is 22.8 Å². The van der Waals surface area contributed by atoms with Gasteiger partial charge >= 0.3 is 6.18 Å². The number of alkyl halides is 3. The van der Waals surface area contributed by atoms with Gasteiger partial charge in [0.25, 0.3) is 0 Å². The molecule has 0 saturated carbocycles. The lowest BCUT2D eigenvalue weighted by Gasteiger charge is -2.35. The molecule has 1 aliphatic rings. The van der Waals surface area contributed by atoms with E-state index in [9.17, 15) is 22.8 Å². The van der Waals surface area contributed by atoms with Gasteiger partial charge in [-0.05, 0) is 11.6 Å². The second-order valence-electron chi connectivity index (χ2n) is 5.31. The third kappa shape index (κ3) is 4.22. The van der Waals surface area contributed by atoms with Crippen molar-refractivity contribution in [2.75, 3.05) is 20.1 Å². The summed E-state index contributed by atoms with van der Waals surface area (Å²) in [4.78, 5) is 25.1. The van der Waals surface area contributed by atoms with Crippen LogP contribution in [0.3, 0.4) is 0 Å². The van der Waals surface area contributed by atoms with E-state index in [1.807, 2.05) is 0 Å². The lowest BCUT2D eigenvalue weighted by atomic mass is 10.0. The van der Waals surface area contributed by atoms with E-state index in [-0.39, 0.29) is 30.3 Å². The molecule has 2 amide bonds. The maximum absolute atomic E-state index is 13.1. The summed E-state index contributed by atoms with van der Waals surface area (Å²) in [6.07, 6.45) is -4.54. The van der Waals surface area contributed by atoms with Crippen LogP contribution in [-0.4, -0.2) is 42.9 Å². The number of carbonyl (C=O) groups excluding carboxylic acids is 2. The van der Waals surface area contributed by atoms with Gasteiger partial charge < -0.3 is 10.6 Å². The van der Waals surface area contributed by atoms with Crippen molar-refractivity contribution in [3.63, 3.8) is 0 Å². The summed E-state index contributed by atoms with van der Waals surface area (Å²) in [5.74, 6) is -0.675. The predicted molar refractivity (Wildman–Crippen MR) is 77.3 cm³/mol. The number of halogens is 3. The first-order chi connectivity index (χ1) is 10.8. The van der Waals surface area contributed by atoms with Crippen LogP contribution in [0.4, 0.5) is 13.2 Å². The normalized spacial score (nSPS) is 19.3. The summed E-state index contributed by atoms with van der Waals surface area (Å²) < 4.78 is 39.2. The van der Waals surface area contributed by atoms with E-state index in [4.69, 9.17) is 0 Å². The van der Waals surface area contributed by atoms with Crippen molar-refractivity contribution in [2.24, 2.45) is 0 Å². The first kappa shape index (κ1) is 17.3. The van der Waals surface area contributed by atoms with Crippen LogP contribution in [0, 0.1) is 0 Å². The molecule has 0 aliphatic carbocycles. The van der Waals surface area contributed by atoms with Gasteiger partial charge in [-0.1, -0.05) is 18.2 Å². The standard InChI is InChI=1S/C15H18F3N3O2/c1-19-13(22)8-12-14(23)20-6-7-21(12)9-10-4-2-3-5-11(10)15(16,17)18/h2-5,12H,6-9H2,1H3,(H,19,22)(H,20,23)/t12-/m0/s1. The summed E-state index contributed by atoms with van der Waals surface area (Å²) in [6.45, 7) is 0.696. The molecule has 1 heterocycles. The molecule has 8 heteroatoms. The zero-order valence-corrected chi connectivity index (χ0v) is 12.6. The summed E-state index contributed by atoms with van der Waals surface area (Å²) >= 11 is 0. The summed E-state index contributed by atoms with van der Waals surface area (Å²) in [5, 5.41) is 5.07. The van der Waals surface area contributed by atoms with Crippen LogP contribution in [0.2, 0.25) is 0 Å². The van der Waals surface area contributed by atoms with Gasteiger partial charge in [-0.25, -0.2) is 0 Å². The van der Waals surface area contributed by atoms with Gasteiger partial charge in [0.05, 0.1) is 18.0 Å². The molecule has 1 aromatic rings. The second-order valence-corrected chi connectivity index (χ2v) is 5.31. The Morgan fingerprint density at radius 2 is 2.09 bits per heavy atom. The van der Waals surface area contributed by atoms with Gasteiger partial charge in [0, 0.05) is 26.7 Å². The molecule has 0 radical (unpaired) electrons. The molecule has 0 unspecified atom stereocenters. The molecule has 5 nitrogen and oxygen atoms in total. The number of amides is 2. The van der Waals surface area contributed by atoms with Crippen LogP contribution >= 0.6 is 0 Å². The van der Waals surface area contributed by atoms with Crippen molar-refractivity contribution in [3.8, 4) is 0 Å². The van der Waals surface area contributed by atoms with E-state index >= 15 is 0 Å². The van der Waals surface area contributed by atoms with Crippen molar-refractivity contribution in [2.45, 2.75) is 25.2 Å². The van der Waals surface area contributed by atoms with Gasteiger partial charge in [0.1, 0.15) is 0 Å². The third-order valence-electron chi connectivity index (χ3n) is 3.80. The Hall–Kier alpha value is -2.09. The molecule has 1 atom stereocenters. The van der Waals surface area contributed by atoms with Crippen molar-refractivity contribution in [1.29, 1.82) is 0 Å². The van der Waals surface area contributed by atoms with Crippen LogP contribution in [0.15, 0.2) is 24.3 Å². The SMILES string of the molecule is CNC(=O)C[C@H]1C(=O)NCCN1Cc1ccccc1C(F)(F)F. The molecule has 1 aliphatic heterocycles. The molecule has 0 bridgehead atoms. The van der Waals surface area contributed by atoms with E-state index in [0.29, 0.717) is 13.1 Å². The number of carbonyl (C=O) groups is 2. The number of hydrogen-bond acceptors (Lipinski definition) is 3. The number of rotatable bonds is 4. The van der Waals surface area contributed by atoms with Crippen LogP contribution in [0.25, 0.3) is 0 Å². The molecule has 2 rings (SSSR count). The maximum atomic E-state index is 13.1. The fourth-order valence-electron chi connectivity index (χ4n) is 2.60. The molecule has 23 heavy (non-hydrogen) atoms. The Bertz CT molecular complexity index is 590. The van der Waals surface area contributed by atoms with Crippen LogP contribution in [0.1, 0.15) is 17.5 Å². The average Bonchev–Trinajstić information content (AvgIpc) is 2.50. The summed E-state index contributed by atoms with van der Waals surface area (Å²) in [5.41, 5.74) is -0.624. The highest BCUT2D eigenvalue weighted by atomic mass is 19.4. The molecule has 126 valence electrons. The highest BCUT2D eigenvalue weighted by molar-refractivity contribution is 5.88. The predicted octanol–water partition coefficient (Wildman–Crippen LogP) is 1.14. The largest absolute Gasteiger partial charge is 0.416 e. The van der Waals surface area contributed by atoms with E-state index < -0.39 is 17.8 Å². The number of nitrogens with one attached hydrogen (secondary N) is 2. The average molecular weight is 329 g/mol. The lowest BCUT2D eigenvalue weighted by Crippen LogP contribution is -2.56. The highest BCUT2D eigenvalue weighted by Crippen LogP contribution is 2.32. The zero-order chi connectivity index (χ0) is 17.0. The molecule has 2 N–H and O–H groups in total. The van der Waals surface area contributed by atoms with E-state index in [2.05, 4.69) is 10.6 Å². The third-order valence-corrected chi connectivity index (χ3v) is 3.80. The fourth-order valence-corrected chi connectivity index (χ4v) is 2.60. The number of nitrogens with zero attached hydrogens (tertiary/aromatic N) is 1. The molecular formula is C15H18F3N3O2. The summed E-state index contributed by atoms with van der Waals surface area (Å²) in [6, 6.07) is 4.50. The van der Waals surface area contributed by atoms with Crippen LogP contribution in [-0.2, 0) is 22.3 Å². The molecule has 1 aromatic carbocycles. The first-order valence-electron chi connectivity index (χ1n) is 7.20. The Kier molecular flexibility index (Phi) is 5.25. The van der Waals surface area contributed by atoms with Gasteiger partial charge in [-0.15, -0.1) is 0 Å². The van der Waals surface area contributed by atoms with E-state index in [1.54, 1.807) is 4.90 Å². The molecular weight excluding hydrogens is 311 g/mol. The number of benzene rings is 1. The van der Waals surface area contributed by atoms with Crippen LogP contribution in [0.5, 0.6) is 0 Å². The van der Waals surface area contributed by atoms with E-state index in [0.717, 1.165) is 6.07 Å². The van der Waals surface area contributed by atoms with Crippen molar-refractivity contribution >= 4 is 11.8 Å². The molecule has 1 fully saturated rings. The monoisotopic (exact) mass is 329 g/mol. The summed E-state index contributed by atoms with van der Waals surface area (Å²) in [7, 11) is 1.45. The molecule has 0 spiro atoms. The van der Waals surface area contributed by atoms with Gasteiger partial charge in [0.2, 0.25) is 11.8 Å². The highest BCUT2D eigenvalue weighted by Gasteiger charge is 2.36. The number of piperazine rings is 1. The number of hydrogen-bond donors (Lipinski definition) is 2. The minimum Gasteiger partial charge on any atom is -0.359 e. The second kappa shape index (κ2) is 6.99. The Balaban J connectivity index is 2.23. The minimum absolute atomic E-state index is 0.0369. The van der Waals surface area contributed by atoms with Crippen LogP contribution < -0.4 is 10.6 Å². The maximum Gasteiger partial charge on any atom is 0.416 e. The van der Waals surface area contributed by atoms with Crippen molar-refractivity contribution in [3.05, 3.63) is 35.4 Å². The van der Waals surface area contributed by atoms with Gasteiger partial charge in [0.15, 0.2) is 0 Å². The molecule has 1 saturated heterocycles. The Morgan fingerprint density at radius 3 is 2.74 bits per heavy atom. The first-order valence-corrected chi connectivity index (χ1v) is 7.20. The van der Waals surface area contributed by atoms with E-state index in [1.165, 1.54) is 25.2 Å². The fraction of sp³-hybridized carbons (Fsp3) is 0.467. The van der Waals surface area contributed by atoms with Crippen molar-refractivity contribution in [1.82, 2.24) is 15.5 Å². The quantitative estimate of drug-likeness (QED) is 0.871. The Labute approximate surface area is 131 Å². The molecule has 0 aromatic heterocycles. The topological polar surface area (TPSA) is 61.4 Å². The lowest BCUT2D eigenvalue weighted by molar-refractivity contribution is -0.139. The smallest absolute Gasteiger partial charge is 0.359 e. The minimum atomic E-state index is -4.45. The van der Waals surface area contributed by atoms with Gasteiger partial charge in [-0.3, -0.25) is 14.5 Å². The van der Waals surface area contributed by atoms with Gasteiger partial charge in [-0.2, -0.15) is 13.2 Å². The Morgan fingerprint density at radius 1 is 1.39 bits per heavy atom.